The number of hydrogen-bond acceptors (Lipinski definition) is 4. The van der Waals surface area contributed by atoms with E-state index in [9.17, 15) is 0 Å². The average molecular weight is 283 g/mol. The molecule has 0 atom stereocenters. The number of pyridine rings is 1. The molecule has 0 amide bonds. The zero-order chi connectivity index (χ0) is 13.8. The minimum absolute atomic E-state index is 0.484. The number of anilines is 1. The summed E-state index contributed by atoms with van der Waals surface area (Å²) in [6, 6.07) is 1.93. The molecular weight excluding hydrogens is 260 g/mol. The summed E-state index contributed by atoms with van der Waals surface area (Å²) >= 11 is 6.29. The second-order valence-electron chi connectivity index (χ2n) is 5.55. The molecule has 0 bridgehead atoms. The smallest absolute Gasteiger partial charge is 0.147 e. The summed E-state index contributed by atoms with van der Waals surface area (Å²) in [5.74, 6) is 1.69. The maximum Gasteiger partial charge on any atom is 0.147 e. The fraction of sp³-hybridized carbons (Fsp3) is 0.643. The van der Waals surface area contributed by atoms with Crippen LogP contribution in [0.4, 0.5) is 5.82 Å². The van der Waals surface area contributed by atoms with Crippen LogP contribution in [0.2, 0.25) is 5.02 Å². The molecule has 19 heavy (non-hydrogen) atoms. The predicted octanol–water partition coefficient (Wildman–Crippen LogP) is 1.97. The number of nitrogens with zero attached hydrogens (tertiary/aromatic N) is 3. The summed E-state index contributed by atoms with van der Waals surface area (Å²) in [6.07, 6.45) is 4.23. The first-order chi connectivity index (χ1) is 9.10. The first-order valence-corrected chi connectivity index (χ1v) is 7.22. The summed E-state index contributed by atoms with van der Waals surface area (Å²) in [5, 5.41) is 0.717. The van der Waals surface area contributed by atoms with Crippen LogP contribution < -0.4 is 10.6 Å². The van der Waals surface area contributed by atoms with E-state index < -0.39 is 0 Å². The second-order valence-corrected chi connectivity index (χ2v) is 5.95. The third-order valence-electron chi connectivity index (χ3n) is 3.65. The monoisotopic (exact) mass is 282 g/mol. The van der Waals surface area contributed by atoms with E-state index in [0.29, 0.717) is 11.6 Å². The van der Waals surface area contributed by atoms with Gasteiger partial charge in [0.1, 0.15) is 5.82 Å². The quantitative estimate of drug-likeness (QED) is 0.917. The standard InChI is InChI=1S/C14H23ClN4/c1-18(2)10-11-3-5-19(6-4-11)14-13(15)7-12(8-16)9-17-14/h7,9,11H,3-6,8,10,16H2,1-2H3. The van der Waals surface area contributed by atoms with E-state index >= 15 is 0 Å². The van der Waals surface area contributed by atoms with Crippen molar-refractivity contribution in [3.05, 3.63) is 22.8 Å². The Hall–Kier alpha value is -0.840. The highest BCUT2D eigenvalue weighted by molar-refractivity contribution is 6.33. The van der Waals surface area contributed by atoms with Gasteiger partial charge in [0, 0.05) is 32.4 Å². The Morgan fingerprint density at radius 3 is 2.63 bits per heavy atom. The number of piperidine rings is 1. The maximum absolute atomic E-state index is 6.29. The topological polar surface area (TPSA) is 45.4 Å². The van der Waals surface area contributed by atoms with Crippen LogP contribution >= 0.6 is 11.6 Å². The highest BCUT2D eigenvalue weighted by Gasteiger charge is 2.22. The number of halogens is 1. The highest BCUT2D eigenvalue weighted by atomic mass is 35.5. The molecule has 1 aliphatic heterocycles. The molecule has 1 aromatic rings. The molecule has 2 N–H and O–H groups in total. The SMILES string of the molecule is CN(C)CC1CCN(c2ncc(CN)cc2Cl)CC1. The van der Waals surface area contributed by atoms with Crippen LogP contribution in [0.25, 0.3) is 0 Å². The molecule has 0 saturated carbocycles. The molecule has 0 spiro atoms. The molecule has 1 fully saturated rings. The molecule has 2 rings (SSSR count). The van der Waals surface area contributed by atoms with Crippen molar-refractivity contribution in [2.75, 3.05) is 38.6 Å². The summed E-state index contributed by atoms with van der Waals surface area (Å²) in [6.45, 7) is 3.72. The van der Waals surface area contributed by atoms with Gasteiger partial charge in [-0.1, -0.05) is 11.6 Å². The zero-order valence-corrected chi connectivity index (χ0v) is 12.5. The third kappa shape index (κ3) is 3.81. The number of rotatable bonds is 4. The number of aromatic nitrogens is 1. The van der Waals surface area contributed by atoms with Gasteiger partial charge in [-0.25, -0.2) is 4.98 Å². The molecule has 1 aromatic heterocycles. The fourth-order valence-corrected chi connectivity index (χ4v) is 2.97. The lowest BCUT2D eigenvalue weighted by Crippen LogP contribution is -2.37. The Morgan fingerprint density at radius 2 is 2.11 bits per heavy atom. The van der Waals surface area contributed by atoms with Gasteiger partial charge in [-0.3, -0.25) is 0 Å². The summed E-state index contributed by atoms with van der Waals surface area (Å²) in [5.41, 5.74) is 6.58. The van der Waals surface area contributed by atoms with E-state index in [2.05, 4.69) is 28.9 Å². The Labute approximate surface area is 120 Å². The van der Waals surface area contributed by atoms with Crippen molar-refractivity contribution in [3.63, 3.8) is 0 Å². The minimum Gasteiger partial charge on any atom is -0.355 e. The van der Waals surface area contributed by atoms with E-state index in [4.69, 9.17) is 17.3 Å². The van der Waals surface area contributed by atoms with E-state index in [1.54, 1.807) is 0 Å². The Bertz CT molecular complexity index is 414. The molecule has 2 heterocycles. The van der Waals surface area contributed by atoms with E-state index in [-0.39, 0.29) is 0 Å². The van der Waals surface area contributed by atoms with Crippen LogP contribution in [0.15, 0.2) is 12.3 Å². The molecule has 0 radical (unpaired) electrons. The lowest BCUT2D eigenvalue weighted by Gasteiger charge is -2.34. The number of nitrogens with two attached hydrogens (primary N) is 1. The molecule has 1 saturated heterocycles. The van der Waals surface area contributed by atoms with Gasteiger partial charge in [-0.15, -0.1) is 0 Å². The van der Waals surface area contributed by atoms with Gasteiger partial charge < -0.3 is 15.5 Å². The summed E-state index contributed by atoms with van der Waals surface area (Å²) in [7, 11) is 4.27. The Kier molecular flexibility index (Phi) is 5.02. The van der Waals surface area contributed by atoms with Gasteiger partial charge >= 0.3 is 0 Å². The van der Waals surface area contributed by atoms with Crippen molar-refractivity contribution in [1.29, 1.82) is 0 Å². The van der Waals surface area contributed by atoms with Gasteiger partial charge in [0.2, 0.25) is 0 Å². The largest absolute Gasteiger partial charge is 0.355 e. The van der Waals surface area contributed by atoms with Crippen molar-refractivity contribution in [2.45, 2.75) is 19.4 Å². The Morgan fingerprint density at radius 1 is 1.42 bits per heavy atom. The lowest BCUT2D eigenvalue weighted by atomic mass is 9.96. The molecule has 1 aliphatic rings. The van der Waals surface area contributed by atoms with Gasteiger partial charge in [0.05, 0.1) is 5.02 Å². The molecule has 4 nitrogen and oxygen atoms in total. The first-order valence-electron chi connectivity index (χ1n) is 6.84. The average Bonchev–Trinajstić information content (AvgIpc) is 2.39. The van der Waals surface area contributed by atoms with Crippen LogP contribution in [0, 0.1) is 5.92 Å². The zero-order valence-electron chi connectivity index (χ0n) is 11.8. The van der Waals surface area contributed by atoms with Gasteiger partial charge in [-0.2, -0.15) is 0 Å². The van der Waals surface area contributed by atoms with E-state index in [1.807, 2.05) is 12.3 Å². The molecule has 106 valence electrons. The fourth-order valence-electron chi connectivity index (χ4n) is 2.66. The van der Waals surface area contributed by atoms with Crippen molar-refractivity contribution < 1.29 is 0 Å². The molecular formula is C14H23ClN4. The predicted molar refractivity (Wildman–Crippen MR) is 80.6 cm³/mol. The highest BCUT2D eigenvalue weighted by Crippen LogP contribution is 2.28. The third-order valence-corrected chi connectivity index (χ3v) is 3.93. The van der Waals surface area contributed by atoms with Crippen molar-refractivity contribution in [1.82, 2.24) is 9.88 Å². The van der Waals surface area contributed by atoms with E-state index in [1.165, 1.54) is 19.4 Å². The lowest BCUT2D eigenvalue weighted by molar-refractivity contribution is 0.284. The summed E-state index contributed by atoms with van der Waals surface area (Å²) < 4.78 is 0. The van der Waals surface area contributed by atoms with Gasteiger partial charge in [0.15, 0.2) is 0 Å². The van der Waals surface area contributed by atoms with Crippen LogP contribution in [-0.2, 0) is 6.54 Å². The maximum atomic E-state index is 6.29. The van der Waals surface area contributed by atoms with Gasteiger partial charge in [0.25, 0.3) is 0 Å². The van der Waals surface area contributed by atoms with Crippen molar-refractivity contribution >= 4 is 17.4 Å². The Balaban J connectivity index is 1.97. The molecule has 5 heteroatoms. The first kappa shape index (κ1) is 14.6. The summed E-state index contributed by atoms with van der Waals surface area (Å²) in [4.78, 5) is 9.01. The van der Waals surface area contributed by atoms with Crippen LogP contribution in [-0.4, -0.2) is 43.6 Å². The van der Waals surface area contributed by atoms with E-state index in [0.717, 1.165) is 30.4 Å². The normalized spacial score (nSPS) is 17.2. The van der Waals surface area contributed by atoms with Crippen molar-refractivity contribution in [3.8, 4) is 0 Å². The van der Waals surface area contributed by atoms with Crippen LogP contribution in [0.5, 0.6) is 0 Å². The molecule has 0 aromatic carbocycles. The van der Waals surface area contributed by atoms with Crippen LogP contribution in [0.3, 0.4) is 0 Å². The van der Waals surface area contributed by atoms with Gasteiger partial charge in [-0.05, 0) is 44.5 Å². The van der Waals surface area contributed by atoms with Crippen LogP contribution in [0.1, 0.15) is 18.4 Å². The second kappa shape index (κ2) is 6.55. The number of hydrogen-bond donors (Lipinski definition) is 1. The molecule has 0 unspecified atom stereocenters. The van der Waals surface area contributed by atoms with Crippen molar-refractivity contribution in [2.24, 2.45) is 11.7 Å². The minimum atomic E-state index is 0.484. The molecule has 0 aliphatic carbocycles.